The molecule has 0 radical (unpaired) electrons. The molecule has 4 nitrogen and oxygen atoms in total. The standard InChI is InChI=1S/C45H27N3O/c1-2-11-32-25-35(24-19-28(32)9-1)44-46-43(31-22-20-30(21-23-31)37-16-7-14-29-10-5-6-15-36(29)37)47-45(48-44)38-17-8-18-40-42(38)39-26-33-12-3-4-13-34(33)27-41(39)49-40/h1-27H. The molecule has 2 heterocycles. The molecule has 0 saturated carbocycles. The molecule has 0 aliphatic rings. The molecule has 0 aliphatic heterocycles. The highest BCUT2D eigenvalue weighted by Gasteiger charge is 2.18. The lowest BCUT2D eigenvalue weighted by atomic mass is 9.97. The predicted molar refractivity (Wildman–Crippen MR) is 201 cm³/mol. The largest absolute Gasteiger partial charge is 0.456 e. The van der Waals surface area contributed by atoms with Crippen LogP contribution in [0.5, 0.6) is 0 Å². The second-order valence-electron chi connectivity index (χ2n) is 12.4. The number of nitrogens with zero attached hydrogens (tertiary/aromatic N) is 3. The van der Waals surface area contributed by atoms with Gasteiger partial charge in [0.15, 0.2) is 17.5 Å². The number of hydrogen-bond donors (Lipinski definition) is 0. The van der Waals surface area contributed by atoms with Gasteiger partial charge in [-0.15, -0.1) is 0 Å². The zero-order valence-electron chi connectivity index (χ0n) is 26.3. The first-order chi connectivity index (χ1) is 24.2. The van der Waals surface area contributed by atoms with Crippen LogP contribution >= 0.6 is 0 Å². The molecule has 8 aromatic carbocycles. The third-order valence-corrected chi connectivity index (χ3v) is 9.49. The first-order valence-electron chi connectivity index (χ1n) is 16.4. The molecule has 0 amide bonds. The van der Waals surface area contributed by atoms with Crippen LogP contribution in [-0.4, -0.2) is 15.0 Å². The zero-order chi connectivity index (χ0) is 32.3. The molecule has 228 valence electrons. The van der Waals surface area contributed by atoms with E-state index in [1.165, 1.54) is 21.7 Å². The van der Waals surface area contributed by atoms with Crippen LogP contribution in [0.2, 0.25) is 0 Å². The second-order valence-corrected chi connectivity index (χ2v) is 12.4. The minimum Gasteiger partial charge on any atom is -0.456 e. The van der Waals surface area contributed by atoms with Crippen molar-refractivity contribution in [3.05, 3.63) is 164 Å². The van der Waals surface area contributed by atoms with Crippen LogP contribution in [0.3, 0.4) is 0 Å². The number of aromatic nitrogens is 3. The Balaban J connectivity index is 1.17. The Bertz CT molecular complexity index is 2880. The Hall–Kier alpha value is -6.65. The molecule has 0 N–H and O–H groups in total. The van der Waals surface area contributed by atoms with Crippen molar-refractivity contribution < 1.29 is 4.42 Å². The van der Waals surface area contributed by atoms with Crippen molar-refractivity contribution >= 4 is 54.3 Å². The molecule has 0 unspecified atom stereocenters. The average molecular weight is 626 g/mol. The van der Waals surface area contributed by atoms with Gasteiger partial charge < -0.3 is 4.42 Å². The highest BCUT2D eigenvalue weighted by atomic mass is 16.3. The highest BCUT2D eigenvalue weighted by molar-refractivity contribution is 6.15. The van der Waals surface area contributed by atoms with Gasteiger partial charge in [0.05, 0.1) is 0 Å². The maximum atomic E-state index is 6.42. The zero-order valence-corrected chi connectivity index (χ0v) is 26.3. The van der Waals surface area contributed by atoms with E-state index in [4.69, 9.17) is 19.4 Å². The van der Waals surface area contributed by atoms with Crippen molar-refractivity contribution in [1.29, 1.82) is 0 Å². The smallest absolute Gasteiger partial charge is 0.164 e. The van der Waals surface area contributed by atoms with Gasteiger partial charge in [0.2, 0.25) is 0 Å². The molecule has 0 atom stereocenters. The van der Waals surface area contributed by atoms with Crippen LogP contribution in [0.15, 0.2) is 168 Å². The summed E-state index contributed by atoms with van der Waals surface area (Å²) in [4.78, 5) is 15.4. The predicted octanol–water partition coefficient (Wildman–Crippen LogP) is 11.9. The van der Waals surface area contributed by atoms with Crippen LogP contribution < -0.4 is 0 Å². The molecule has 0 fully saturated rings. The van der Waals surface area contributed by atoms with Crippen LogP contribution in [0.4, 0.5) is 0 Å². The molecular formula is C45H27N3O. The Morgan fingerprint density at radius 3 is 1.71 bits per heavy atom. The van der Waals surface area contributed by atoms with E-state index in [-0.39, 0.29) is 0 Å². The SMILES string of the molecule is c1ccc2cc(-c3nc(-c4ccc(-c5cccc6ccccc56)cc4)nc(-c4cccc5oc6cc7ccccc7cc6c45)n3)ccc2c1. The van der Waals surface area contributed by atoms with Gasteiger partial charge in [0.25, 0.3) is 0 Å². The van der Waals surface area contributed by atoms with E-state index >= 15 is 0 Å². The fourth-order valence-corrected chi connectivity index (χ4v) is 7.06. The van der Waals surface area contributed by atoms with Gasteiger partial charge in [0.1, 0.15) is 11.2 Å². The van der Waals surface area contributed by atoms with Gasteiger partial charge in [0, 0.05) is 27.5 Å². The normalized spacial score (nSPS) is 11.7. The third-order valence-electron chi connectivity index (χ3n) is 9.49. The van der Waals surface area contributed by atoms with Gasteiger partial charge in [-0.25, -0.2) is 15.0 Å². The molecular weight excluding hydrogens is 599 g/mol. The Morgan fingerprint density at radius 2 is 0.898 bits per heavy atom. The van der Waals surface area contributed by atoms with E-state index in [2.05, 4.69) is 152 Å². The molecule has 0 saturated heterocycles. The average Bonchev–Trinajstić information content (AvgIpc) is 3.54. The van der Waals surface area contributed by atoms with Gasteiger partial charge >= 0.3 is 0 Å². The summed E-state index contributed by atoms with van der Waals surface area (Å²) in [5.41, 5.74) is 6.75. The quantitative estimate of drug-likeness (QED) is 0.195. The molecule has 10 rings (SSSR count). The number of fused-ring (bicyclic) bond motifs is 6. The summed E-state index contributed by atoms with van der Waals surface area (Å²) in [6.45, 7) is 0. The van der Waals surface area contributed by atoms with Crippen molar-refractivity contribution in [3.8, 4) is 45.3 Å². The maximum Gasteiger partial charge on any atom is 0.164 e. The molecule has 49 heavy (non-hydrogen) atoms. The molecule has 0 bridgehead atoms. The fourth-order valence-electron chi connectivity index (χ4n) is 7.06. The van der Waals surface area contributed by atoms with Gasteiger partial charge in [-0.2, -0.15) is 0 Å². The van der Waals surface area contributed by atoms with E-state index in [0.29, 0.717) is 17.5 Å². The Labute approximate surface area is 282 Å². The van der Waals surface area contributed by atoms with Gasteiger partial charge in [-0.3, -0.25) is 0 Å². The number of hydrogen-bond acceptors (Lipinski definition) is 4. The van der Waals surface area contributed by atoms with E-state index in [9.17, 15) is 0 Å². The van der Waals surface area contributed by atoms with Gasteiger partial charge in [-0.1, -0.05) is 140 Å². The lowest BCUT2D eigenvalue weighted by molar-refractivity contribution is 0.669. The summed E-state index contributed by atoms with van der Waals surface area (Å²) >= 11 is 0. The second kappa shape index (κ2) is 11.0. The van der Waals surface area contributed by atoms with E-state index in [0.717, 1.165) is 60.4 Å². The molecule has 10 aromatic rings. The number of furan rings is 1. The first-order valence-corrected chi connectivity index (χ1v) is 16.4. The summed E-state index contributed by atoms with van der Waals surface area (Å²) < 4.78 is 6.42. The summed E-state index contributed by atoms with van der Waals surface area (Å²) in [5, 5.41) is 9.10. The number of benzene rings is 8. The van der Waals surface area contributed by atoms with Crippen molar-refractivity contribution in [2.45, 2.75) is 0 Å². The lowest BCUT2D eigenvalue weighted by Crippen LogP contribution is -2.00. The number of rotatable bonds is 4. The summed E-state index contributed by atoms with van der Waals surface area (Å²) in [5.74, 6) is 1.85. The van der Waals surface area contributed by atoms with Crippen LogP contribution in [-0.2, 0) is 0 Å². The highest BCUT2D eigenvalue weighted by Crippen LogP contribution is 2.39. The van der Waals surface area contributed by atoms with Gasteiger partial charge in [-0.05, 0) is 67.7 Å². The van der Waals surface area contributed by atoms with Crippen molar-refractivity contribution in [2.24, 2.45) is 0 Å². The molecule has 2 aromatic heterocycles. The molecule has 4 heteroatoms. The van der Waals surface area contributed by atoms with Crippen molar-refractivity contribution in [2.75, 3.05) is 0 Å². The van der Waals surface area contributed by atoms with Crippen molar-refractivity contribution in [3.63, 3.8) is 0 Å². The van der Waals surface area contributed by atoms with Crippen LogP contribution in [0.1, 0.15) is 0 Å². The first kappa shape index (κ1) is 27.5. The maximum absolute atomic E-state index is 6.42. The van der Waals surface area contributed by atoms with Crippen LogP contribution in [0, 0.1) is 0 Å². The van der Waals surface area contributed by atoms with E-state index in [1.807, 2.05) is 12.1 Å². The minimum absolute atomic E-state index is 0.604. The topological polar surface area (TPSA) is 51.8 Å². The van der Waals surface area contributed by atoms with E-state index < -0.39 is 0 Å². The Morgan fingerprint density at radius 1 is 0.327 bits per heavy atom. The fraction of sp³-hybridized carbons (Fsp3) is 0. The Kier molecular flexibility index (Phi) is 6.15. The summed E-state index contributed by atoms with van der Waals surface area (Å²) in [7, 11) is 0. The summed E-state index contributed by atoms with van der Waals surface area (Å²) in [6.07, 6.45) is 0. The molecule has 0 aliphatic carbocycles. The monoisotopic (exact) mass is 625 g/mol. The lowest BCUT2D eigenvalue weighted by Gasteiger charge is -2.11. The van der Waals surface area contributed by atoms with Crippen LogP contribution in [0.25, 0.3) is 99.5 Å². The van der Waals surface area contributed by atoms with E-state index in [1.54, 1.807) is 0 Å². The summed E-state index contributed by atoms with van der Waals surface area (Å²) in [6, 6.07) is 57.0. The minimum atomic E-state index is 0.604. The van der Waals surface area contributed by atoms with Crippen molar-refractivity contribution in [1.82, 2.24) is 15.0 Å². The third kappa shape index (κ3) is 4.65. The molecule has 0 spiro atoms.